The lowest BCUT2D eigenvalue weighted by Crippen LogP contribution is -2.50. The maximum Gasteiger partial charge on any atom is 0.309 e. The van der Waals surface area contributed by atoms with Crippen molar-refractivity contribution >= 4 is 11.8 Å². The minimum atomic E-state index is -0.539. The summed E-state index contributed by atoms with van der Waals surface area (Å²) in [7, 11) is 3.77. The average Bonchev–Trinajstić information content (AvgIpc) is 2.76. The van der Waals surface area contributed by atoms with Crippen LogP contribution in [0.1, 0.15) is 43.7 Å². The van der Waals surface area contributed by atoms with E-state index in [2.05, 4.69) is 27.5 Å². The van der Waals surface area contributed by atoms with Crippen molar-refractivity contribution in [3.05, 3.63) is 29.8 Å². The molecule has 0 spiro atoms. The molecule has 1 atom stereocenters. The lowest BCUT2D eigenvalue weighted by atomic mass is 9.95. The monoisotopic (exact) mass is 402 g/mol. The fourth-order valence-electron chi connectivity index (χ4n) is 4.18. The number of rotatable bonds is 6. The van der Waals surface area contributed by atoms with Crippen LogP contribution in [0.4, 0.5) is 0 Å². The molecule has 0 aromatic heterocycles. The maximum absolute atomic E-state index is 12.4. The molecule has 1 aromatic carbocycles. The van der Waals surface area contributed by atoms with Crippen molar-refractivity contribution in [3.8, 4) is 5.75 Å². The molecule has 7 nitrogen and oxygen atoms in total. The van der Waals surface area contributed by atoms with Gasteiger partial charge in [0.25, 0.3) is 0 Å². The highest BCUT2D eigenvalue weighted by molar-refractivity contribution is 6.35. The van der Waals surface area contributed by atoms with Crippen molar-refractivity contribution in [2.45, 2.75) is 44.2 Å². The van der Waals surface area contributed by atoms with Crippen LogP contribution in [0.15, 0.2) is 24.3 Å². The molecule has 2 amide bonds. The third-order valence-corrected chi connectivity index (χ3v) is 6.08. The van der Waals surface area contributed by atoms with Crippen LogP contribution in [0.25, 0.3) is 0 Å². The molecular weight excluding hydrogens is 368 g/mol. The first-order chi connectivity index (χ1) is 14.1. The van der Waals surface area contributed by atoms with Gasteiger partial charge in [-0.05, 0) is 37.6 Å². The maximum atomic E-state index is 12.4. The molecule has 2 N–H and O–H groups in total. The molecule has 0 unspecified atom stereocenters. The Hall–Kier alpha value is -2.12. The first-order valence-electron chi connectivity index (χ1n) is 10.7. The Morgan fingerprint density at radius 1 is 1.03 bits per heavy atom. The second kappa shape index (κ2) is 10.6. The molecule has 1 aliphatic heterocycles. The van der Waals surface area contributed by atoms with Gasteiger partial charge in [0.1, 0.15) is 5.75 Å². The summed E-state index contributed by atoms with van der Waals surface area (Å²) in [6.07, 6.45) is 5.39. The lowest BCUT2D eigenvalue weighted by molar-refractivity contribution is -0.139. The Balaban J connectivity index is 1.60. The van der Waals surface area contributed by atoms with Crippen molar-refractivity contribution in [3.63, 3.8) is 0 Å². The predicted octanol–water partition coefficient (Wildman–Crippen LogP) is 1.55. The Morgan fingerprint density at radius 3 is 2.31 bits per heavy atom. The number of nitrogens with zero attached hydrogens (tertiary/aromatic N) is 2. The van der Waals surface area contributed by atoms with Gasteiger partial charge in [0, 0.05) is 38.8 Å². The van der Waals surface area contributed by atoms with Crippen LogP contribution in [-0.2, 0) is 9.59 Å². The van der Waals surface area contributed by atoms with Gasteiger partial charge in [-0.15, -0.1) is 0 Å². The van der Waals surface area contributed by atoms with Crippen molar-refractivity contribution in [2.75, 3.05) is 46.9 Å². The molecule has 1 heterocycles. The smallest absolute Gasteiger partial charge is 0.309 e. The quantitative estimate of drug-likeness (QED) is 0.707. The van der Waals surface area contributed by atoms with Gasteiger partial charge in [0.2, 0.25) is 0 Å². The summed E-state index contributed by atoms with van der Waals surface area (Å²) >= 11 is 0. The first-order valence-corrected chi connectivity index (χ1v) is 10.7. The number of benzene rings is 1. The van der Waals surface area contributed by atoms with Crippen LogP contribution < -0.4 is 15.4 Å². The number of amides is 2. The van der Waals surface area contributed by atoms with Gasteiger partial charge < -0.3 is 20.3 Å². The van der Waals surface area contributed by atoms with Crippen LogP contribution in [-0.4, -0.2) is 74.5 Å². The summed E-state index contributed by atoms with van der Waals surface area (Å²) in [6, 6.07) is 8.12. The Kier molecular flexibility index (Phi) is 7.89. The minimum Gasteiger partial charge on any atom is -0.497 e. The molecule has 3 rings (SSSR count). The number of piperazine rings is 1. The van der Waals surface area contributed by atoms with E-state index in [9.17, 15) is 9.59 Å². The normalized spacial score (nSPS) is 20.1. The molecule has 29 heavy (non-hydrogen) atoms. The van der Waals surface area contributed by atoms with Crippen LogP contribution >= 0.6 is 0 Å². The van der Waals surface area contributed by atoms with E-state index in [1.807, 2.05) is 24.3 Å². The van der Waals surface area contributed by atoms with Gasteiger partial charge >= 0.3 is 11.8 Å². The van der Waals surface area contributed by atoms with Crippen molar-refractivity contribution < 1.29 is 14.3 Å². The van der Waals surface area contributed by atoms with Crippen LogP contribution in [0.3, 0.4) is 0 Å². The number of hydrogen-bond acceptors (Lipinski definition) is 5. The number of likely N-dealkylation sites (N-methyl/N-ethyl adjacent to an activating group) is 1. The molecule has 1 saturated carbocycles. The van der Waals surface area contributed by atoms with Crippen molar-refractivity contribution in [1.29, 1.82) is 0 Å². The Bertz CT molecular complexity index is 665. The summed E-state index contributed by atoms with van der Waals surface area (Å²) in [4.78, 5) is 29.4. The molecule has 7 heteroatoms. The minimum absolute atomic E-state index is 0.0287. The molecule has 1 aromatic rings. The van der Waals surface area contributed by atoms with E-state index in [0.29, 0.717) is 6.54 Å². The second-order valence-corrected chi connectivity index (χ2v) is 8.15. The van der Waals surface area contributed by atoms with E-state index in [1.165, 1.54) is 6.42 Å². The number of ether oxygens (including phenoxy) is 1. The van der Waals surface area contributed by atoms with Crippen molar-refractivity contribution in [2.24, 2.45) is 0 Å². The summed E-state index contributed by atoms with van der Waals surface area (Å²) in [5.74, 6) is -0.242. The number of hydrogen-bond donors (Lipinski definition) is 2. The van der Waals surface area contributed by atoms with Gasteiger partial charge in [-0.25, -0.2) is 0 Å². The predicted molar refractivity (Wildman–Crippen MR) is 113 cm³/mol. The molecule has 2 fully saturated rings. The van der Waals surface area contributed by atoms with Crippen molar-refractivity contribution in [1.82, 2.24) is 20.4 Å². The Morgan fingerprint density at radius 2 is 1.69 bits per heavy atom. The summed E-state index contributed by atoms with van der Waals surface area (Å²) in [6.45, 7) is 4.24. The zero-order valence-corrected chi connectivity index (χ0v) is 17.7. The van der Waals surface area contributed by atoms with Crippen LogP contribution in [0, 0.1) is 0 Å². The molecule has 0 radical (unpaired) electrons. The highest BCUT2D eigenvalue weighted by Gasteiger charge is 2.26. The van der Waals surface area contributed by atoms with Gasteiger partial charge in [-0.2, -0.15) is 0 Å². The highest BCUT2D eigenvalue weighted by atomic mass is 16.5. The zero-order chi connectivity index (χ0) is 20.6. The van der Waals surface area contributed by atoms with E-state index < -0.39 is 11.8 Å². The number of methoxy groups -OCH3 is 1. The molecule has 0 bridgehead atoms. The van der Waals surface area contributed by atoms with Gasteiger partial charge in [-0.1, -0.05) is 31.4 Å². The Labute approximate surface area is 173 Å². The van der Waals surface area contributed by atoms with Gasteiger partial charge in [0.15, 0.2) is 0 Å². The van der Waals surface area contributed by atoms with E-state index in [0.717, 1.165) is 63.2 Å². The number of nitrogens with one attached hydrogen (secondary N) is 2. The number of carbonyl (C=O) groups excluding carboxylic acids is 2. The average molecular weight is 403 g/mol. The van der Waals surface area contributed by atoms with Gasteiger partial charge in [-0.3, -0.25) is 14.5 Å². The zero-order valence-electron chi connectivity index (χ0n) is 17.7. The second-order valence-electron chi connectivity index (χ2n) is 8.15. The molecule has 160 valence electrons. The summed E-state index contributed by atoms with van der Waals surface area (Å²) < 4.78 is 5.27. The number of carbonyl (C=O) groups is 2. The highest BCUT2D eigenvalue weighted by Crippen LogP contribution is 2.24. The van der Waals surface area contributed by atoms with E-state index in [-0.39, 0.29) is 12.1 Å². The third kappa shape index (κ3) is 6.18. The molecule has 1 saturated heterocycles. The summed E-state index contributed by atoms with van der Waals surface area (Å²) in [5, 5.41) is 5.76. The van der Waals surface area contributed by atoms with E-state index in [1.54, 1.807) is 7.11 Å². The summed E-state index contributed by atoms with van der Waals surface area (Å²) in [5.41, 5.74) is 1.11. The van der Waals surface area contributed by atoms with Gasteiger partial charge in [0.05, 0.1) is 13.2 Å². The standard InChI is InChI=1S/C22H34N4O3/c1-25-12-14-26(15-13-25)20(17-8-10-19(29-2)11-9-17)16-23-21(27)22(28)24-18-6-4-3-5-7-18/h8-11,18,20H,3-7,12-16H2,1-2H3,(H,23,27)(H,24,28)/t20-/m0/s1. The lowest BCUT2D eigenvalue weighted by Gasteiger charge is -2.38. The van der Waals surface area contributed by atoms with E-state index >= 15 is 0 Å². The molecule has 1 aliphatic carbocycles. The topological polar surface area (TPSA) is 73.9 Å². The van der Waals surface area contributed by atoms with Crippen LogP contribution in [0.5, 0.6) is 5.75 Å². The van der Waals surface area contributed by atoms with Crippen LogP contribution in [0.2, 0.25) is 0 Å². The van der Waals surface area contributed by atoms with E-state index in [4.69, 9.17) is 4.74 Å². The fraction of sp³-hybridized carbons (Fsp3) is 0.636. The largest absolute Gasteiger partial charge is 0.497 e. The first kappa shape index (κ1) is 21.6. The SMILES string of the molecule is COc1ccc([C@H](CNC(=O)C(=O)NC2CCCCC2)N2CCN(C)CC2)cc1. The molecular formula is C22H34N4O3. The fourth-order valence-corrected chi connectivity index (χ4v) is 4.18. The third-order valence-electron chi connectivity index (χ3n) is 6.08. The molecule has 2 aliphatic rings.